The van der Waals surface area contributed by atoms with Crippen molar-refractivity contribution in [3.63, 3.8) is 0 Å². The van der Waals surface area contributed by atoms with Crippen molar-refractivity contribution in [1.82, 2.24) is 15.0 Å². The van der Waals surface area contributed by atoms with E-state index in [9.17, 15) is 4.79 Å². The summed E-state index contributed by atoms with van der Waals surface area (Å²) in [5, 5.41) is 9.55. The highest BCUT2D eigenvalue weighted by Gasteiger charge is 2.26. The number of piperidine rings is 1. The minimum Gasteiger partial charge on any atom is -0.339 e. The van der Waals surface area contributed by atoms with Crippen LogP contribution >= 0.6 is 22.9 Å². The van der Waals surface area contributed by atoms with E-state index < -0.39 is 0 Å². The molecule has 1 amide bonds. The first-order chi connectivity index (χ1) is 13.6. The van der Waals surface area contributed by atoms with Gasteiger partial charge in [-0.1, -0.05) is 28.9 Å². The van der Waals surface area contributed by atoms with Gasteiger partial charge < -0.3 is 9.84 Å². The number of hydrogen-bond acceptors (Lipinski definition) is 6. The molecule has 1 aliphatic rings. The van der Waals surface area contributed by atoms with Gasteiger partial charge in [-0.05, 0) is 62.0 Å². The number of aromatic nitrogens is 2. The fourth-order valence-electron chi connectivity index (χ4n) is 3.36. The number of likely N-dealkylation sites (tertiary alicyclic amines) is 1. The molecule has 0 saturated carbocycles. The van der Waals surface area contributed by atoms with Crippen molar-refractivity contribution >= 4 is 34.5 Å². The summed E-state index contributed by atoms with van der Waals surface area (Å²) in [6, 6.07) is 9.58. The van der Waals surface area contributed by atoms with Crippen LogP contribution in [0.3, 0.4) is 0 Å². The summed E-state index contributed by atoms with van der Waals surface area (Å²) in [6.45, 7) is 3.95. The van der Waals surface area contributed by atoms with Gasteiger partial charge in [0.05, 0.1) is 22.1 Å². The van der Waals surface area contributed by atoms with Crippen molar-refractivity contribution in [3.8, 4) is 10.7 Å². The molecule has 1 fully saturated rings. The fraction of sp³-hybridized carbons (Fsp3) is 0.350. The molecule has 3 heterocycles. The van der Waals surface area contributed by atoms with Gasteiger partial charge in [-0.25, -0.2) is 0 Å². The lowest BCUT2D eigenvalue weighted by molar-refractivity contribution is -0.117. The molecule has 28 heavy (non-hydrogen) atoms. The lowest BCUT2D eigenvalue weighted by atomic mass is 9.97. The zero-order valence-electron chi connectivity index (χ0n) is 15.5. The van der Waals surface area contributed by atoms with Gasteiger partial charge in [0.25, 0.3) is 0 Å². The van der Waals surface area contributed by atoms with Crippen molar-refractivity contribution in [1.29, 1.82) is 0 Å². The van der Waals surface area contributed by atoms with Crippen molar-refractivity contribution < 1.29 is 9.32 Å². The van der Waals surface area contributed by atoms with Crippen LogP contribution in [0.25, 0.3) is 10.7 Å². The molecule has 146 valence electrons. The Morgan fingerprint density at radius 1 is 1.36 bits per heavy atom. The summed E-state index contributed by atoms with van der Waals surface area (Å²) < 4.78 is 5.48. The maximum atomic E-state index is 12.4. The third-order valence-electron chi connectivity index (χ3n) is 4.89. The van der Waals surface area contributed by atoms with E-state index in [4.69, 9.17) is 16.1 Å². The molecular formula is C20H21ClN4O2S. The van der Waals surface area contributed by atoms with Gasteiger partial charge >= 0.3 is 0 Å². The number of halogens is 1. The van der Waals surface area contributed by atoms with Crippen LogP contribution in [0.15, 0.2) is 40.2 Å². The van der Waals surface area contributed by atoms with E-state index in [0.717, 1.165) is 36.4 Å². The maximum absolute atomic E-state index is 12.4. The summed E-state index contributed by atoms with van der Waals surface area (Å²) >= 11 is 7.79. The topological polar surface area (TPSA) is 71.3 Å². The number of nitrogens with zero attached hydrogens (tertiary/aromatic N) is 3. The van der Waals surface area contributed by atoms with Crippen LogP contribution in [0.1, 0.15) is 30.2 Å². The minimum absolute atomic E-state index is 0.0537. The molecule has 1 aliphatic heterocycles. The van der Waals surface area contributed by atoms with Gasteiger partial charge in [0.1, 0.15) is 0 Å². The average Bonchev–Trinajstić information content (AvgIpc) is 3.36. The van der Waals surface area contributed by atoms with Gasteiger partial charge in [-0.2, -0.15) is 4.98 Å². The number of amides is 1. The Morgan fingerprint density at radius 3 is 2.89 bits per heavy atom. The molecule has 0 unspecified atom stereocenters. The van der Waals surface area contributed by atoms with Crippen LogP contribution in [0, 0.1) is 6.92 Å². The highest BCUT2D eigenvalue weighted by atomic mass is 35.5. The number of thiophene rings is 1. The Balaban J connectivity index is 1.29. The molecule has 0 bridgehead atoms. The first-order valence-corrected chi connectivity index (χ1v) is 10.5. The second-order valence-electron chi connectivity index (χ2n) is 7.02. The maximum Gasteiger partial charge on any atom is 0.238 e. The predicted octanol–water partition coefficient (Wildman–Crippen LogP) is 4.58. The summed E-state index contributed by atoms with van der Waals surface area (Å²) in [7, 11) is 0. The van der Waals surface area contributed by atoms with Gasteiger partial charge in [0, 0.05) is 5.92 Å². The Bertz CT molecular complexity index is 949. The molecule has 0 radical (unpaired) electrons. The van der Waals surface area contributed by atoms with Crippen LogP contribution in [0.4, 0.5) is 5.69 Å². The van der Waals surface area contributed by atoms with Crippen LogP contribution in [0.2, 0.25) is 5.02 Å². The van der Waals surface area contributed by atoms with E-state index in [1.54, 1.807) is 11.3 Å². The summed E-state index contributed by atoms with van der Waals surface area (Å²) in [6.07, 6.45) is 1.79. The Kier molecular flexibility index (Phi) is 5.75. The Morgan fingerprint density at radius 2 is 2.18 bits per heavy atom. The number of rotatable bonds is 5. The first-order valence-electron chi connectivity index (χ1n) is 9.24. The lowest BCUT2D eigenvalue weighted by Crippen LogP contribution is -2.38. The molecule has 6 nitrogen and oxygen atoms in total. The highest BCUT2D eigenvalue weighted by molar-refractivity contribution is 7.13. The summed E-state index contributed by atoms with van der Waals surface area (Å²) in [5.74, 6) is 1.54. The molecule has 3 aromatic rings. The number of carbonyl (C=O) groups is 1. The summed E-state index contributed by atoms with van der Waals surface area (Å²) in [4.78, 5) is 20.1. The van der Waals surface area contributed by atoms with E-state index in [1.807, 2.05) is 42.6 Å². The smallest absolute Gasteiger partial charge is 0.238 e. The second-order valence-corrected chi connectivity index (χ2v) is 8.37. The monoisotopic (exact) mass is 416 g/mol. The molecule has 0 atom stereocenters. The quantitative estimate of drug-likeness (QED) is 0.659. The van der Waals surface area contributed by atoms with E-state index in [1.165, 1.54) is 0 Å². The molecule has 0 aliphatic carbocycles. The normalized spacial score (nSPS) is 15.6. The number of carbonyl (C=O) groups excluding carboxylic acids is 1. The standard InChI is InChI=1S/C20H21ClN4O2S/c1-13-4-5-16(15(21)11-13)22-18(26)12-25-8-6-14(7-9-25)20-23-19(24-27-20)17-3-2-10-28-17/h2-5,10-11,14H,6-9,12H2,1H3,(H,22,26). The van der Waals surface area contributed by atoms with Crippen LogP contribution in [0.5, 0.6) is 0 Å². The van der Waals surface area contributed by atoms with Crippen molar-refractivity contribution in [2.24, 2.45) is 0 Å². The molecule has 2 aromatic heterocycles. The minimum atomic E-state index is -0.0537. The van der Waals surface area contributed by atoms with Crippen LogP contribution in [-0.4, -0.2) is 40.6 Å². The fourth-order valence-corrected chi connectivity index (χ4v) is 4.29. The second kappa shape index (κ2) is 8.43. The Labute approximate surface area is 172 Å². The average molecular weight is 417 g/mol. The molecule has 8 heteroatoms. The van der Waals surface area contributed by atoms with Gasteiger partial charge in [0.2, 0.25) is 17.6 Å². The molecule has 1 aromatic carbocycles. The highest BCUT2D eigenvalue weighted by Crippen LogP contribution is 2.29. The first kappa shape index (κ1) is 19.1. The van der Waals surface area contributed by atoms with E-state index in [2.05, 4.69) is 20.4 Å². The number of hydrogen-bond donors (Lipinski definition) is 1. The molecular weight excluding hydrogens is 396 g/mol. The van der Waals surface area contributed by atoms with Crippen molar-refractivity contribution in [2.75, 3.05) is 25.0 Å². The largest absolute Gasteiger partial charge is 0.339 e. The molecule has 1 saturated heterocycles. The van der Waals surface area contributed by atoms with Gasteiger partial charge in [0.15, 0.2) is 0 Å². The zero-order valence-corrected chi connectivity index (χ0v) is 17.1. The molecule has 4 rings (SSSR count). The van der Waals surface area contributed by atoms with Crippen LogP contribution in [-0.2, 0) is 4.79 Å². The third kappa shape index (κ3) is 4.43. The molecule has 0 spiro atoms. The SMILES string of the molecule is Cc1ccc(NC(=O)CN2CCC(c3nc(-c4cccs4)no3)CC2)c(Cl)c1. The summed E-state index contributed by atoms with van der Waals surface area (Å²) in [5.41, 5.74) is 1.72. The molecule has 1 N–H and O–H groups in total. The third-order valence-corrected chi connectivity index (χ3v) is 6.06. The number of benzene rings is 1. The number of anilines is 1. The van der Waals surface area contributed by atoms with Crippen molar-refractivity contribution in [2.45, 2.75) is 25.7 Å². The predicted molar refractivity (Wildman–Crippen MR) is 111 cm³/mol. The zero-order chi connectivity index (χ0) is 19.5. The number of aryl methyl sites for hydroxylation is 1. The lowest BCUT2D eigenvalue weighted by Gasteiger charge is -2.29. The van der Waals surface area contributed by atoms with E-state index in [-0.39, 0.29) is 11.8 Å². The van der Waals surface area contributed by atoms with E-state index >= 15 is 0 Å². The van der Waals surface area contributed by atoms with Gasteiger partial charge in [-0.3, -0.25) is 9.69 Å². The Hall–Kier alpha value is -2.22. The van der Waals surface area contributed by atoms with Crippen LogP contribution < -0.4 is 5.32 Å². The van der Waals surface area contributed by atoms with E-state index in [0.29, 0.717) is 29.0 Å². The number of nitrogens with one attached hydrogen (secondary N) is 1. The van der Waals surface area contributed by atoms with Gasteiger partial charge in [-0.15, -0.1) is 11.3 Å². The van der Waals surface area contributed by atoms with Crippen molar-refractivity contribution in [3.05, 3.63) is 52.2 Å².